The lowest BCUT2D eigenvalue weighted by atomic mass is 10.1. The molecule has 0 saturated heterocycles. The summed E-state index contributed by atoms with van der Waals surface area (Å²) >= 11 is 0. The Bertz CT molecular complexity index is 862. The van der Waals surface area contributed by atoms with Gasteiger partial charge in [0, 0.05) is 18.0 Å². The summed E-state index contributed by atoms with van der Waals surface area (Å²) in [6.07, 6.45) is 3.47. The molecule has 3 aromatic rings. The summed E-state index contributed by atoms with van der Waals surface area (Å²) in [5, 5.41) is 0. The predicted octanol–water partition coefficient (Wildman–Crippen LogP) is 5.17. The van der Waals surface area contributed by atoms with Crippen LogP contribution in [0.5, 0.6) is 5.75 Å². The first-order valence-electron chi connectivity index (χ1n) is 8.63. The zero-order valence-electron chi connectivity index (χ0n) is 15.6. The van der Waals surface area contributed by atoms with Gasteiger partial charge in [0.25, 0.3) is 0 Å². The molecule has 0 atom stereocenters. The highest BCUT2D eigenvalue weighted by atomic mass is 28.4. The second kappa shape index (κ2) is 7.62. The molecular formula is C21H23N3OSi. The first-order chi connectivity index (χ1) is 12.4. The summed E-state index contributed by atoms with van der Waals surface area (Å²) in [5.41, 5.74) is 3.64. The Morgan fingerprint density at radius 3 is 2.27 bits per heavy atom. The van der Waals surface area contributed by atoms with Gasteiger partial charge in [0.15, 0.2) is 5.82 Å². The lowest BCUT2D eigenvalue weighted by molar-refractivity contribution is 0.559. The summed E-state index contributed by atoms with van der Waals surface area (Å²) in [6.45, 7) is 8.55. The molecule has 1 heterocycles. The Balaban J connectivity index is 2.16. The predicted molar refractivity (Wildman–Crippen MR) is 109 cm³/mol. The standard InChI is InChI=1S/C21H23N3OSi/c1-16-11-12-19(25-26(2,3)4)18(15-16)24-20(17-9-6-5-7-10-17)21-22-13-8-14-23-21/h5-15H,1-4H3. The van der Waals surface area contributed by atoms with Gasteiger partial charge < -0.3 is 4.43 Å². The fourth-order valence-corrected chi connectivity index (χ4v) is 3.34. The monoisotopic (exact) mass is 361 g/mol. The Hall–Kier alpha value is -2.79. The van der Waals surface area contributed by atoms with E-state index in [1.807, 2.05) is 42.5 Å². The molecule has 0 amide bonds. The molecule has 0 fully saturated rings. The van der Waals surface area contributed by atoms with Gasteiger partial charge in [0.1, 0.15) is 17.1 Å². The normalized spacial score (nSPS) is 12.1. The van der Waals surface area contributed by atoms with Crippen molar-refractivity contribution in [1.29, 1.82) is 0 Å². The van der Waals surface area contributed by atoms with Crippen molar-refractivity contribution in [2.45, 2.75) is 26.6 Å². The van der Waals surface area contributed by atoms with Crippen LogP contribution in [0, 0.1) is 6.92 Å². The number of rotatable bonds is 5. The Morgan fingerprint density at radius 2 is 1.62 bits per heavy atom. The molecule has 3 rings (SSSR count). The van der Waals surface area contributed by atoms with E-state index < -0.39 is 8.32 Å². The van der Waals surface area contributed by atoms with Gasteiger partial charge in [-0.25, -0.2) is 15.0 Å². The molecule has 0 aliphatic carbocycles. The molecule has 0 aliphatic rings. The van der Waals surface area contributed by atoms with E-state index in [0.717, 1.165) is 28.3 Å². The average molecular weight is 362 g/mol. The van der Waals surface area contributed by atoms with Crippen LogP contribution in [-0.4, -0.2) is 24.0 Å². The van der Waals surface area contributed by atoms with Crippen LogP contribution in [0.4, 0.5) is 5.69 Å². The molecule has 1 aromatic heterocycles. The van der Waals surface area contributed by atoms with Gasteiger partial charge in [0.2, 0.25) is 8.32 Å². The molecular weight excluding hydrogens is 338 g/mol. The third-order valence-electron chi connectivity index (χ3n) is 3.59. The van der Waals surface area contributed by atoms with Gasteiger partial charge in [0.05, 0.1) is 0 Å². The Morgan fingerprint density at radius 1 is 0.923 bits per heavy atom. The van der Waals surface area contributed by atoms with Crippen molar-refractivity contribution in [3.8, 4) is 5.75 Å². The lowest BCUT2D eigenvalue weighted by Crippen LogP contribution is -2.29. The summed E-state index contributed by atoms with van der Waals surface area (Å²) in [4.78, 5) is 13.7. The van der Waals surface area contributed by atoms with Crippen molar-refractivity contribution in [3.63, 3.8) is 0 Å². The second-order valence-corrected chi connectivity index (χ2v) is 11.5. The van der Waals surface area contributed by atoms with Gasteiger partial charge in [-0.3, -0.25) is 0 Å². The first-order valence-corrected chi connectivity index (χ1v) is 12.0. The molecule has 0 aliphatic heterocycles. The summed E-state index contributed by atoms with van der Waals surface area (Å²) in [6, 6.07) is 17.9. The number of aliphatic imine (C=N–C) groups is 1. The van der Waals surface area contributed by atoms with Crippen LogP contribution in [-0.2, 0) is 0 Å². The van der Waals surface area contributed by atoms with Gasteiger partial charge in [-0.1, -0.05) is 36.4 Å². The minimum absolute atomic E-state index is 0.596. The molecule has 0 N–H and O–H groups in total. The lowest BCUT2D eigenvalue weighted by Gasteiger charge is -2.21. The molecule has 132 valence electrons. The van der Waals surface area contributed by atoms with E-state index >= 15 is 0 Å². The van der Waals surface area contributed by atoms with Crippen molar-refractivity contribution in [2.24, 2.45) is 4.99 Å². The van der Waals surface area contributed by atoms with Crippen molar-refractivity contribution in [2.75, 3.05) is 0 Å². The molecule has 0 bridgehead atoms. The zero-order valence-corrected chi connectivity index (χ0v) is 16.6. The fourth-order valence-electron chi connectivity index (χ4n) is 2.51. The quantitative estimate of drug-likeness (QED) is 0.465. The molecule has 0 saturated carbocycles. The van der Waals surface area contributed by atoms with E-state index in [-0.39, 0.29) is 0 Å². The number of aryl methyl sites for hydroxylation is 1. The maximum absolute atomic E-state index is 6.25. The number of hydrogen-bond acceptors (Lipinski definition) is 4. The topological polar surface area (TPSA) is 47.4 Å². The molecule has 0 spiro atoms. The van der Waals surface area contributed by atoms with Crippen LogP contribution in [0.3, 0.4) is 0 Å². The van der Waals surface area contributed by atoms with Gasteiger partial charge >= 0.3 is 0 Å². The van der Waals surface area contributed by atoms with Crippen molar-refractivity contribution >= 4 is 19.7 Å². The van der Waals surface area contributed by atoms with Crippen LogP contribution in [0.2, 0.25) is 19.6 Å². The zero-order chi connectivity index (χ0) is 18.6. The SMILES string of the molecule is Cc1ccc(O[Si](C)(C)C)c(N=C(c2ccccc2)c2ncccn2)c1. The number of aromatic nitrogens is 2. The number of hydrogen-bond donors (Lipinski definition) is 0. The number of benzene rings is 2. The van der Waals surface area contributed by atoms with Crippen molar-refractivity contribution < 1.29 is 4.43 Å². The van der Waals surface area contributed by atoms with Crippen LogP contribution >= 0.6 is 0 Å². The third kappa shape index (κ3) is 4.64. The van der Waals surface area contributed by atoms with Crippen LogP contribution < -0.4 is 4.43 Å². The highest BCUT2D eigenvalue weighted by molar-refractivity contribution is 6.70. The molecule has 0 unspecified atom stereocenters. The molecule has 26 heavy (non-hydrogen) atoms. The summed E-state index contributed by atoms with van der Waals surface area (Å²) in [5.74, 6) is 1.40. The Kier molecular flexibility index (Phi) is 5.28. The largest absolute Gasteiger partial charge is 0.543 e. The second-order valence-electron chi connectivity index (χ2n) is 7.08. The van der Waals surface area contributed by atoms with Crippen LogP contribution in [0.15, 0.2) is 72.0 Å². The fraction of sp³-hybridized carbons (Fsp3) is 0.190. The first kappa shape index (κ1) is 18.0. The minimum Gasteiger partial charge on any atom is -0.543 e. The van der Waals surface area contributed by atoms with E-state index in [9.17, 15) is 0 Å². The molecule has 4 nitrogen and oxygen atoms in total. The van der Waals surface area contributed by atoms with E-state index in [2.05, 4.69) is 42.6 Å². The average Bonchev–Trinajstić information content (AvgIpc) is 2.62. The minimum atomic E-state index is -1.76. The van der Waals surface area contributed by atoms with E-state index in [4.69, 9.17) is 9.42 Å². The van der Waals surface area contributed by atoms with Gasteiger partial charge in [-0.2, -0.15) is 0 Å². The van der Waals surface area contributed by atoms with Gasteiger partial charge in [-0.05, 0) is 50.3 Å². The highest BCUT2D eigenvalue weighted by Gasteiger charge is 2.19. The maximum Gasteiger partial charge on any atom is 0.242 e. The van der Waals surface area contributed by atoms with Crippen LogP contribution in [0.1, 0.15) is 17.0 Å². The molecule has 0 radical (unpaired) electrons. The van der Waals surface area contributed by atoms with E-state index in [1.165, 1.54) is 0 Å². The summed E-state index contributed by atoms with van der Waals surface area (Å²) < 4.78 is 6.25. The van der Waals surface area contributed by atoms with E-state index in [0.29, 0.717) is 5.82 Å². The summed E-state index contributed by atoms with van der Waals surface area (Å²) in [7, 11) is -1.76. The maximum atomic E-state index is 6.25. The van der Waals surface area contributed by atoms with Gasteiger partial charge in [-0.15, -0.1) is 0 Å². The van der Waals surface area contributed by atoms with Crippen molar-refractivity contribution in [1.82, 2.24) is 9.97 Å². The third-order valence-corrected chi connectivity index (χ3v) is 4.42. The highest BCUT2D eigenvalue weighted by Crippen LogP contribution is 2.32. The number of nitrogens with zero attached hydrogens (tertiary/aromatic N) is 3. The smallest absolute Gasteiger partial charge is 0.242 e. The molecule has 5 heteroatoms. The molecule has 2 aromatic carbocycles. The van der Waals surface area contributed by atoms with Crippen molar-refractivity contribution in [3.05, 3.63) is 83.9 Å². The van der Waals surface area contributed by atoms with Crippen LogP contribution in [0.25, 0.3) is 0 Å². The van der Waals surface area contributed by atoms with E-state index in [1.54, 1.807) is 18.5 Å². The Labute approximate surface area is 155 Å².